The second-order valence-electron chi connectivity index (χ2n) is 5.00. The van der Waals surface area contributed by atoms with Crippen LogP contribution in [0.25, 0.3) is 0 Å². The van der Waals surface area contributed by atoms with Crippen LogP contribution < -0.4 is 5.32 Å². The Hall–Kier alpha value is -0.570. The lowest BCUT2D eigenvalue weighted by Crippen LogP contribution is -2.50. The molecule has 82 valence electrons. The maximum Gasteiger partial charge on any atom is 0.225 e. The molecule has 0 aliphatic heterocycles. The van der Waals surface area contributed by atoms with Crippen LogP contribution in [0.15, 0.2) is 0 Å². The molecule has 1 aliphatic carbocycles. The van der Waals surface area contributed by atoms with Crippen LogP contribution in [0, 0.1) is 5.41 Å². The summed E-state index contributed by atoms with van der Waals surface area (Å²) < 4.78 is 0. The van der Waals surface area contributed by atoms with Gasteiger partial charge in [0.05, 0.1) is 5.60 Å². The maximum absolute atomic E-state index is 11.7. The van der Waals surface area contributed by atoms with Crippen molar-refractivity contribution in [3.05, 3.63) is 0 Å². The van der Waals surface area contributed by atoms with Crippen LogP contribution in [-0.2, 0) is 4.79 Å². The molecule has 0 aromatic heterocycles. The van der Waals surface area contributed by atoms with E-state index in [0.29, 0.717) is 6.54 Å². The zero-order valence-electron chi connectivity index (χ0n) is 9.39. The van der Waals surface area contributed by atoms with Gasteiger partial charge >= 0.3 is 0 Å². The largest absolute Gasteiger partial charge is 0.388 e. The second-order valence-corrected chi connectivity index (χ2v) is 5.00. The molecule has 1 fully saturated rings. The molecular formula is C11H21NO2. The van der Waals surface area contributed by atoms with E-state index >= 15 is 0 Å². The molecule has 3 heteroatoms. The van der Waals surface area contributed by atoms with Crippen LogP contribution in [-0.4, -0.2) is 23.2 Å². The van der Waals surface area contributed by atoms with Gasteiger partial charge in [-0.05, 0) is 25.7 Å². The number of hydrogen-bond donors (Lipinski definition) is 2. The van der Waals surface area contributed by atoms with Gasteiger partial charge in [-0.1, -0.05) is 20.8 Å². The van der Waals surface area contributed by atoms with Gasteiger partial charge in [0.2, 0.25) is 5.91 Å². The van der Waals surface area contributed by atoms with Gasteiger partial charge in [0.25, 0.3) is 0 Å². The molecule has 0 heterocycles. The number of carbonyl (C=O) groups excluding carboxylic acids is 1. The normalized spacial score (nSPS) is 20.0. The Bertz CT molecular complexity index is 219. The number of carbonyl (C=O) groups is 1. The summed E-state index contributed by atoms with van der Waals surface area (Å²) in [6, 6.07) is 0. The third-order valence-corrected chi connectivity index (χ3v) is 3.36. The van der Waals surface area contributed by atoms with Crippen LogP contribution >= 0.6 is 0 Å². The Morgan fingerprint density at radius 1 is 1.50 bits per heavy atom. The molecule has 0 atom stereocenters. The molecule has 1 amide bonds. The minimum atomic E-state index is -0.612. The summed E-state index contributed by atoms with van der Waals surface area (Å²) in [6.45, 7) is 6.26. The summed E-state index contributed by atoms with van der Waals surface area (Å²) in [5.41, 5.74) is -0.931. The fraction of sp³-hybridized carbons (Fsp3) is 0.909. The average Bonchev–Trinajstić information content (AvgIpc) is 2.11. The molecule has 0 aromatic carbocycles. The molecular weight excluding hydrogens is 178 g/mol. The Kier molecular flexibility index (Phi) is 3.20. The Labute approximate surface area is 85.9 Å². The average molecular weight is 199 g/mol. The molecule has 0 saturated heterocycles. The van der Waals surface area contributed by atoms with Crippen molar-refractivity contribution in [3.8, 4) is 0 Å². The first-order chi connectivity index (χ1) is 6.40. The van der Waals surface area contributed by atoms with Crippen molar-refractivity contribution in [1.82, 2.24) is 5.32 Å². The van der Waals surface area contributed by atoms with E-state index in [9.17, 15) is 9.90 Å². The van der Waals surface area contributed by atoms with Gasteiger partial charge in [0.1, 0.15) is 0 Å². The van der Waals surface area contributed by atoms with Crippen LogP contribution in [0.5, 0.6) is 0 Å². The van der Waals surface area contributed by atoms with Gasteiger partial charge in [-0.25, -0.2) is 0 Å². The van der Waals surface area contributed by atoms with E-state index in [1.807, 2.05) is 20.8 Å². The Morgan fingerprint density at radius 2 is 2.07 bits per heavy atom. The molecule has 0 bridgehead atoms. The van der Waals surface area contributed by atoms with Gasteiger partial charge in [-0.15, -0.1) is 0 Å². The van der Waals surface area contributed by atoms with Crippen molar-refractivity contribution < 1.29 is 9.90 Å². The number of hydrogen-bond acceptors (Lipinski definition) is 2. The van der Waals surface area contributed by atoms with Crippen molar-refractivity contribution >= 4 is 5.91 Å². The van der Waals surface area contributed by atoms with Crippen molar-refractivity contribution in [2.45, 2.75) is 52.1 Å². The topological polar surface area (TPSA) is 49.3 Å². The summed E-state index contributed by atoms with van der Waals surface area (Å²) >= 11 is 0. The summed E-state index contributed by atoms with van der Waals surface area (Å²) in [5, 5.41) is 12.6. The standard InChI is InChI=1S/C11H21NO2/c1-4-10(2,3)9(13)12-8-11(14)6-5-7-11/h14H,4-8H2,1-3H3,(H,12,13). The van der Waals surface area contributed by atoms with E-state index < -0.39 is 5.60 Å². The smallest absolute Gasteiger partial charge is 0.225 e. The van der Waals surface area contributed by atoms with Crippen molar-refractivity contribution in [2.24, 2.45) is 5.41 Å². The van der Waals surface area contributed by atoms with Crippen LogP contribution in [0.3, 0.4) is 0 Å². The first-order valence-electron chi connectivity index (χ1n) is 5.40. The second kappa shape index (κ2) is 3.89. The zero-order valence-corrected chi connectivity index (χ0v) is 9.39. The highest BCUT2D eigenvalue weighted by Gasteiger charge is 2.36. The molecule has 1 saturated carbocycles. The molecule has 1 aliphatic rings. The van der Waals surface area contributed by atoms with Gasteiger partial charge in [0, 0.05) is 12.0 Å². The predicted molar refractivity (Wildman–Crippen MR) is 55.9 cm³/mol. The van der Waals surface area contributed by atoms with Crippen molar-refractivity contribution in [1.29, 1.82) is 0 Å². The molecule has 0 unspecified atom stereocenters. The SMILES string of the molecule is CCC(C)(C)C(=O)NCC1(O)CCC1. The van der Waals surface area contributed by atoms with E-state index in [1.165, 1.54) is 0 Å². The van der Waals surface area contributed by atoms with Crippen molar-refractivity contribution in [2.75, 3.05) is 6.54 Å². The minimum absolute atomic E-state index is 0.0420. The highest BCUT2D eigenvalue weighted by atomic mass is 16.3. The molecule has 0 spiro atoms. The molecule has 0 aromatic rings. The van der Waals surface area contributed by atoms with E-state index in [2.05, 4.69) is 5.32 Å². The monoisotopic (exact) mass is 199 g/mol. The molecule has 2 N–H and O–H groups in total. The highest BCUT2D eigenvalue weighted by Crippen LogP contribution is 2.31. The zero-order chi connectivity index (χ0) is 10.8. The lowest BCUT2D eigenvalue weighted by atomic mass is 9.80. The van der Waals surface area contributed by atoms with E-state index in [0.717, 1.165) is 25.7 Å². The Balaban J connectivity index is 2.34. The number of rotatable bonds is 4. The highest BCUT2D eigenvalue weighted by molar-refractivity contribution is 5.81. The van der Waals surface area contributed by atoms with Crippen LogP contribution in [0.1, 0.15) is 46.5 Å². The third-order valence-electron chi connectivity index (χ3n) is 3.36. The third kappa shape index (κ3) is 2.47. The van der Waals surface area contributed by atoms with E-state index in [4.69, 9.17) is 0 Å². The van der Waals surface area contributed by atoms with Gasteiger partial charge in [-0.3, -0.25) is 4.79 Å². The lowest BCUT2D eigenvalue weighted by Gasteiger charge is -2.37. The van der Waals surface area contributed by atoms with Gasteiger partial charge in [0.15, 0.2) is 0 Å². The van der Waals surface area contributed by atoms with Gasteiger partial charge < -0.3 is 10.4 Å². The molecule has 1 rings (SSSR count). The number of aliphatic hydroxyl groups is 1. The van der Waals surface area contributed by atoms with E-state index in [1.54, 1.807) is 0 Å². The summed E-state index contributed by atoms with van der Waals surface area (Å²) in [6.07, 6.45) is 3.53. The first kappa shape index (κ1) is 11.5. The molecule has 0 radical (unpaired) electrons. The summed E-state index contributed by atoms with van der Waals surface area (Å²) in [5.74, 6) is 0.0420. The molecule has 14 heavy (non-hydrogen) atoms. The number of amides is 1. The van der Waals surface area contributed by atoms with Gasteiger partial charge in [-0.2, -0.15) is 0 Å². The van der Waals surface area contributed by atoms with Crippen molar-refractivity contribution in [3.63, 3.8) is 0 Å². The summed E-state index contributed by atoms with van der Waals surface area (Å²) in [4.78, 5) is 11.7. The number of nitrogens with one attached hydrogen (secondary N) is 1. The first-order valence-corrected chi connectivity index (χ1v) is 5.40. The maximum atomic E-state index is 11.7. The fourth-order valence-corrected chi connectivity index (χ4v) is 1.41. The molecule has 3 nitrogen and oxygen atoms in total. The summed E-state index contributed by atoms with van der Waals surface area (Å²) in [7, 11) is 0. The van der Waals surface area contributed by atoms with Crippen LogP contribution in [0.4, 0.5) is 0 Å². The van der Waals surface area contributed by atoms with E-state index in [-0.39, 0.29) is 11.3 Å². The lowest BCUT2D eigenvalue weighted by molar-refractivity contribution is -0.131. The fourth-order valence-electron chi connectivity index (χ4n) is 1.41. The quantitative estimate of drug-likeness (QED) is 0.720. The Morgan fingerprint density at radius 3 is 2.43 bits per heavy atom. The minimum Gasteiger partial charge on any atom is -0.388 e. The van der Waals surface area contributed by atoms with Crippen LogP contribution in [0.2, 0.25) is 0 Å². The predicted octanol–water partition coefficient (Wildman–Crippen LogP) is 1.45.